The highest BCUT2D eigenvalue weighted by Crippen LogP contribution is 2.23. The molecule has 0 bridgehead atoms. The van der Waals surface area contributed by atoms with Crippen molar-refractivity contribution in [3.8, 4) is 5.75 Å². The third kappa shape index (κ3) is 4.19. The van der Waals surface area contributed by atoms with Gasteiger partial charge in [-0.1, -0.05) is 15.9 Å². The first kappa shape index (κ1) is 12.5. The standard InChI is InChI=1S/C9H11BrO4S/c1-13-9-4-3-8(10)5-7(9)6-14-15(2,11)12/h3-5H,6H2,1-2H3. The molecule has 0 fully saturated rings. The molecule has 0 aliphatic rings. The fraction of sp³-hybridized carbons (Fsp3) is 0.333. The normalized spacial score (nSPS) is 11.4. The molecule has 0 saturated carbocycles. The zero-order valence-electron chi connectivity index (χ0n) is 8.36. The summed E-state index contributed by atoms with van der Waals surface area (Å²) in [7, 11) is -1.91. The summed E-state index contributed by atoms with van der Waals surface area (Å²) in [4.78, 5) is 0. The predicted octanol–water partition coefficient (Wildman–Crippen LogP) is 1.93. The van der Waals surface area contributed by atoms with E-state index in [9.17, 15) is 8.42 Å². The van der Waals surface area contributed by atoms with Crippen LogP contribution in [0.25, 0.3) is 0 Å². The number of rotatable bonds is 4. The Bertz CT molecular complexity index is 441. The van der Waals surface area contributed by atoms with E-state index in [-0.39, 0.29) is 6.61 Å². The van der Waals surface area contributed by atoms with Crippen LogP contribution < -0.4 is 4.74 Å². The van der Waals surface area contributed by atoms with E-state index in [0.29, 0.717) is 11.3 Å². The predicted molar refractivity (Wildman–Crippen MR) is 60.3 cm³/mol. The van der Waals surface area contributed by atoms with E-state index in [0.717, 1.165) is 10.7 Å². The molecule has 0 N–H and O–H groups in total. The van der Waals surface area contributed by atoms with Crippen LogP contribution in [-0.2, 0) is 20.9 Å². The molecule has 0 saturated heterocycles. The maximum atomic E-state index is 10.8. The fourth-order valence-corrected chi connectivity index (χ4v) is 1.78. The van der Waals surface area contributed by atoms with Crippen molar-refractivity contribution in [2.45, 2.75) is 6.61 Å². The average molecular weight is 295 g/mol. The molecule has 6 heteroatoms. The van der Waals surface area contributed by atoms with Gasteiger partial charge < -0.3 is 4.74 Å². The van der Waals surface area contributed by atoms with Crippen LogP contribution in [0.3, 0.4) is 0 Å². The summed E-state index contributed by atoms with van der Waals surface area (Å²) >= 11 is 3.29. The van der Waals surface area contributed by atoms with Crippen LogP contribution in [-0.4, -0.2) is 21.8 Å². The van der Waals surface area contributed by atoms with E-state index in [2.05, 4.69) is 20.1 Å². The summed E-state index contributed by atoms with van der Waals surface area (Å²) in [6, 6.07) is 5.30. The van der Waals surface area contributed by atoms with Gasteiger partial charge in [-0.3, -0.25) is 4.18 Å². The summed E-state index contributed by atoms with van der Waals surface area (Å²) in [6.07, 6.45) is 1.01. The van der Waals surface area contributed by atoms with Gasteiger partial charge in [-0.15, -0.1) is 0 Å². The van der Waals surface area contributed by atoms with Gasteiger partial charge in [-0.05, 0) is 18.2 Å². The quantitative estimate of drug-likeness (QED) is 0.797. The summed E-state index contributed by atoms with van der Waals surface area (Å²) in [5.74, 6) is 0.599. The van der Waals surface area contributed by atoms with Gasteiger partial charge in [0, 0.05) is 10.0 Å². The Morgan fingerprint density at radius 3 is 2.60 bits per heavy atom. The highest BCUT2D eigenvalue weighted by molar-refractivity contribution is 9.10. The monoisotopic (exact) mass is 294 g/mol. The van der Waals surface area contributed by atoms with E-state index in [4.69, 9.17) is 4.74 Å². The van der Waals surface area contributed by atoms with Crippen molar-refractivity contribution in [2.24, 2.45) is 0 Å². The molecule has 0 aromatic heterocycles. The van der Waals surface area contributed by atoms with Crippen LogP contribution in [0.1, 0.15) is 5.56 Å². The molecule has 0 radical (unpaired) electrons. The van der Waals surface area contributed by atoms with E-state index in [1.807, 2.05) is 6.07 Å². The van der Waals surface area contributed by atoms with Crippen LogP contribution in [0.4, 0.5) is 0 Å². The second kappa shape index (κ2) is 4.96. The minimum Gasteiger partial charge on any atom is -0.496 e. The number of hydrogen-bond donors (Lipinski definition) is 0. The molecule has 0 atom stereocenters. The zero-order chi connectivity index (χ0) is 11.5. The summed E-state index contributed by atoms with van der Waals surface area (Å²) in [5.41, 5.74) is 0.678. The topological polar surface area (TPSA) is 52.6 Å². The highest BCUT2D eigenvalue weighted by atomic mass is 79.9. The van der Waals surface area contributed by atoms with Gasteiger partial charge >= 0.3 is 0 Å². The third-order valence-electron chi connectivity index (χ3n) is 1.67. The molecule has 0 aliphatic carbocycles. The van der Waals surface area contributed by atoms with Gasteiger partial charge in [-0.2, -0.15) is 8.42 Å². The molecule has 0 heterocycles. The van der Waals surface area contributed by atoms with Crippen molar-refractivity contribution < 1.29 is 17.3 Å². The molecule has 4 nitrogen and oxygen atoms in total. The molecule has 0 amide bonds. The second-order valence-electron chi connectivity index (χ2n) is 2.92. The fourth-order valence-electron chi connectivity index (χ4n) is 1.03. The van der Waals surface area contributed by atoms with Crippen molar-refractivity contribution in [3.63, 3.8) is 0 Å². The van der Waals surface area contributed by atoms with Gasteiger partial charge in [0.1, 0.15) is 5.75 Å². The number of halogens is 1. The Balaban J connectivity index is 2.88. The summed E-state index contributed by atoms with van der Waals surface area (Å²) in [6.45, 7) is -0.0263. The molecule has 1 aromatic rings. The first-order valence-electron chi connectivity index (χ1n) is 4.09. The lowest BCUT2D eigenvalue weighted by Gasteiger charge is -2.08. The van der Waals surface area contributed by atoms with Crippen LogP contribution in [0.2, 0.25) is 0 Å². The van der Waals surface area contributed by atoms with Gasteiger partial charge in [-0.25, -0.2) is 0 Å². The van der Waals surface area contributed by atoms with Gasteiger partial charge in [0.15, 0.2) is 0 Å². The molecule has 1 rings (SSSR count). The van der Waals surface area contributed by atoms with Crippen molar-refractivity contribution >= 4 is 26.0 Å². The van der Waals surface area contributed by atoms with Crippen molar-refractivity contribution in [1.82, 2.24) is 0 Å². The van der Waals surface area contributed by atoms with E-state index < -0.39 is 10.1 Å². The van der Waals surface area contributed by atoms with Crippen LogP contribution in [0, 0.1) is 0 Å². The van der Waals surface area contributed by atoms with Crippen LogP contribution >= 0.6 is 15.9 Å². The Morgan fingerprint density at radius 1 is 1.40 bits per heavy atom. The smallest absolute Gasteiger partial charge is 0.264 e. The Labute approximate surface area is 97.5 Å². The van der Waals surface area contributed by atoms with Gasteiger partial charge in [0.05, 0.1) is 20.0 Å². The van der Waals surface area contributed by atoms with Crippen molar-refractivity contribution in [2.75, 3.05) is 13.4 Å². The van der Waals surface area contributed by atoms with Crippen molar-refractivity contribution in [1.29, 1.82) is 0 Å². The molecule has 84 valence electrons. The Hall–Kier alpha value is -0.590. The lowest BCUT2D eigenvalue weighted by Crippen LogP contribution is -2.03. The first-order valence-corrected chi connectivity index (χ1v) is 6.70. The van der Waals surface area contributed by atoms with Crippen LogP contribution in [0.15, 0.2) is 22.7 Å². The van der Waals surface area contributed by atoms with E-state index in [1.165, 1.54) is 7.11 Å². The van der Waals surface area contributed by atoms with Crippen LogP contribution in [0.5, 0.6) is 5.75 Å². The largest absolute Gasteiger partial charge is 0.496 e. The molecule has 15 heavy (non-hydrogen) atoms. The summed E-state index contributed by atoms with van der Waals surface area (Å²) in [5, 5.41) is 0. The summed E-state index contributed by atoms with van der Waals surface area (Å²) < 4.78 is 32.2. The van der Waals surface area contributed by atoms with Gasteiger partial charge in [0.25, 0.3) is 10.1 Å². The zero-order valence-corrected chi connectivity index (χ0v) is 10.8. The molecular formula is C9H11BrO4S. The lowest BCUT2D eigenvalue weighted by molar-refractivity contribution is 0.302. The van der Waals surface area contributed by atoms with E-state index >= 15 is 0 Å². The van der Waals surface area contributed by atoms with E-state index in [1.54, 1.807) is 12.1 Å². The lowest BCUT2D eigenvalue weighted by atomic mass is 10.2. The average Bonchev–Trinajstić information content (AvgIpc) is 2.14. The molecule has 0 spiro atoms. The second-order valence-corrected chi connectivity index (χ2v) is 5.48. The van der Waals surface area contributed by atoms with Gasteiger partial charge in [0.2, 0.25) is 0 Å². The molecular weight excluding hydrogens is 284 g/mol. The number of benzene rings is 1. The minimum absolute atomic E-state index is 0.0263. The maximum Gasteiger partial charge on any atom is 0.264 e. The SMILES string of the molecule is COc1ccc(Br)cc1COS(C)(=O)=O. The first-order chi connectivity index (χ1) is 6.92. The highest BCUT2D eigenvalue weighted by Gasteiger charge is 2.07. The number of hydrogen-bond acceptors (Lipinski definition) is 4. The van der Waals surface area contributed by atoms with Crippen molar-refractivity contribution in [3.05, 3.63) is 28.2 Å². The molecule has 1 aromatic carbocycles. The maximum absolute atomic E-state index is 10.8. The Kier molecular flexibility index (Phi) is 4.12. The minimum atomic E-state index is -3.43. The number of ether oxygens (including phenoxy) is 1. The third-order valence-corrected chi connectivity index (χ3v) is 2.71. The molecule has 0 unspecified atom stereocenters. The number of methoxy groups -OCH3 is 1. The Morgan fingerprint density at radius 2 is 2.07 bits per heavy atom. The molecule has 0 aliphatic heterocycles.